The van der Waals surface area contributed by atoms with Gasteiger partial charge >= 0.3 is 11.9 Å². The summed E-state index contributed by atoms with van der Waals surface area (Å²) in [6.07, 6.45) is 104. The Hall–Kier alpha value is -4.05. The predicted octanol–water partition coefficient (Wildman–Crippen LogP) is 24.4. The molecule has 0 aromatic carbocycles. The number of carboxylic acids is 1. The fourth-order valence-electron chi connectivity index (χ4n) is 11.5. The maximum absolute atomic E-state index is 13.0. The maximum atomic E-state index is 13.0. The maximum Gasteiger partial charge on any atom is 0.306 e. The van der Waals surface area contributed by atoms with Gasteiger partial charge in [0.1, 0.15) is 13.2 Å². The molecule has 9 nitrogen and oxygen atoms in total. The average Bonchev–Trinajstić information content (AvgIpc) is 3.24. The number of hydrogen-bond donors (Lipinski definition) is 0. The molecule has 0 aromatic rings. The van der Waals surface area contributed by atoms with Gasteiger partial charge < -0.3 is 33.3 Å². The number of quaternary nitrogens is 1. The Morgan fingerprint density at radius 2 is 0.568 bits per heavy atom. The topological polar surface area (TPSA) is 111 Å². The number of hydrogen-bond acceptors (Lipinski definition) is 8. The van der Waals surface area contributed by atoms with Crippen LogP contribution in [0.1, 0.15) is 361 Å². The molecule has 0 heterocycles. The molecule has 0 saturated carbocycles. The number of allylic oxidation sites excluding steroid dienone is 18. The third-order valence-electron chi connectivity index (χ3n) is 17.5. The second-order valence-corrected chi connectivity index (χ2v) is 27.9. The Morgan fingerprint density at radius 1 is 0.316 bits per heavy atom. The molecule has 2 unspecified atom stereocenters. The molecule has 0 amide bonds. The predicted molar refractivity (Wildman–Crippen MR) is 407 cm³/mol. The molecule has 9 heteroatoms. The van der Waals surface area contributed by atoms with Crippen LogP contribution in [0.15, 0.2) is 109 Å². The molecule has 548 valence electrons. The van der Waals surface area contributed by atoms with E-state index in [9.17, 15) is 19.5 Å². The van der Waals surface area contributed by atoms with Gasteiger partial charge in [-0.2, -0.15) is 0 Å². The van der Waals surface area contributed by atoms with E-state index >= 15 is 0 Å². The van der Waals surface area contributed by atoms with Gasteiger partial charge in [-0.05, 0) is 96.3 Å². The molecule has 0 fully saturated rings. The zero-order chi connectivity index (χ0) is 69.0. The zero-order valence-electron chi connectivity index (χ0n) is 62.8. The third-order valence-corrected chi connectivity index (χ3v) is 17.5. The fourth-order valence-corrected chi connectivity index (χ4v) is 11.5. The summed E-state index contributed by atoms with van der Waals surface area (Å²) in [6, 6.07) is 0. The van der Waals surface area contributed by atoms with Crippen LogP contribution in [0.3, 0.4) is 0 Å². The van der Waals surface area contributed by atoms with E-state index in [1.807, 2.05) is 21.1 Å². The van der Waals surface area contributed by atoms with E-state index in [1.165, 1.54) is 231 Å². The largest absolute Gasteiger partial charge is 0.545 e. The summed E-state index contributed by atoms with van der Waals surface area (Å²) in [5, 5.41) is 11.9. The van der Waals surface area contributed by atoms with Gasteiger partial charge in [-0.25, -0.2) is 0 Å². The highest BCUT2D eigenvalue weighted by Gasteiger charge is 2.22. The van der Waals surface area contributed by atoms with E-state index in [0.717, 1.165) is 96.3 Å². The highest BCUT2D eigenvalue weighted by Crippen LogP contribution is 2.19. The lowest BCUT2D eigenvalue weighted by Crippen LogP contribution is -2.44. The van der Waals surface area contributed by atoms with Gasteiger partial charge in [0.05, 0.1) is 40.3 Å². The van der Waals surface area contributed by atoms with E-state index in [4.69, 9.17) is 18.9 Å². The number of carbonyl (C=O) groups excluding carboxylic acids is 3. The summed E-state index contributed by atoms with van der Waals surface area (Å²) in [4.78, 5) is 37.6. The Bertz CT molecular complexity index is 1930. The molecular weight excluding hydrogens is 1170 g/mol. The molecule has 2 atom stereocenters. The van der Waals surface area contributed by atoms with Gasteiger partial charge in [0.15, 0.2) is 12.4 Å². The van der Waals surface area contributed by atoms with Gasteiger partial charge in [0.25, 0.3) is 0 Å². The van der Waals surface area contributed by atoms with E-state index in [1.54, 1.807) is 0 Å². The molecule has 0 bridgehead atoms. The quantitative estimate of drug-likeness (QED) is 0.0195. The molecule has 0 aliphatic heterocycles. The van der Waals surface area contributed by atoms with Crippen molar-refractivity contribution in [3.63, 3.8) is 0 Å². The minimum atomic E-state index is -1.62. The molecule has 0 aliphatic rings. The monoisotopic (exact) mass is 1330 g/mol. The van der Waals surface area contributed by atoms with Crippen molar-refractivity contribution in [2.24, 2.45) is 0 Å². The van der Waals surface area contributed by atoms with E-state index in [2.05, 4.69) is 123 Å². The van der Waals surface area contributed by atoms with Crippen molar-refractivity contribution in [3.8, 4) is 0 Å². The van der Waals surface area contributed by atoms with Gasteiger partial charge in [-0.1, -0.05) is 361 Å². The van der Waals surface area contributed by atoms with Crippen LogP contribution in [0.2, 0.25) is 0 Å². The van der Waals surface area contributed by atoms with Crippen molar-refractivity contribution >= 4 is 17.9 Å². The summed E-state index contributed by atoms with van der Waals surface area (Å²) >= 11 is 0. The second-order valence-electron chi connectivity index (χ2n) is 27.9. The minimum Gasteiger partial charge on any atom is -0.545 e. The van der Waals surface area contributed by atoms with E-state index in [0.29, 0.717) is 23.9 Å². The normalized spacial score (nSPS) is 13.2. The lowest BCUT2D eigenvalue weighted by atomic mass is 10.0. The van der Waals surface area contributed by atoms with Crippen LogP contribution in [-0.2, 0) is 33.3 Å². The third kappa shape index (κ3) is 77.2. The smallest absolute Gasteiger partial charge is 0.306 e. The highest BCUT2D eigenvalue weighted by atomic mass is 16.7. The summed E-state index contributed by atoms with van der Waals surface area (Å²) in [5.41, 5.74) is 0. The van der Waals surface area contributed by atoms with Crippen molar-refractivity contribution in [1.82, 2.24) is 0 Å². The molecule has 0 N–H and O–H groups in total. The highest BCUT2D eigenvalue weighted by molar-refractivity contribution is 5.70. The molecule has 0 spiro atoms. The van der Waals surface area contributed by atoms with Gasteiger partial charge in [0.2, 0.25) is 0 Å². The zero-order valence-corrected chi connectivity index (χ0v) is 62.8. The standard InChI is InChI=1S/C86H151NO8/c1-6-8-10-12-14-16-18-20-22-24-26-28-30-32-34-36-38-39-40-41-42-43-44-45-47-48-50-52-54-56-58-60-62-64-66-68-70-72-74-76-83(88)93-80-82(81-94-86(85(90)91)92-79-78-87(3,4)5)95-84(89)77-75-73-71-69-67-65-63-61-59-57-55-53-51-49-46-37-35-33-31-29-27-25-23-21-19-17-15-13-11-9-7-2/h8-11,14-17,20-23,26-29,33,35,82,86H,6-7,12-13,18-19,24-25,30-32,34,36-81H2,1-5H3/b10-8-,11-9-,16-14-,17-15-,22-20-,23-21-,28-26-,29-27-,35-33-. The van der Waals surface area contributed by atoms with E-state index in [-0.39, 0.29) is 32.2 Å². The first-order valence-electron chi connectivity index (χ1n) is 40.0. The lowest BCUT2D eigenvalue weighted by molar-refractivity contribution is -0.870. The number of carbonyl (C=O) groups is 3. The second kappa shape index (κ2) is 75.7. The SMILES string of the molecule is CC/C=C\C/C=C\C/C=C\C/C=C\C/C=C\CCCCCCCCCCCCCCCCCC(=O)OC(COC(=O)CCCCCCCCCCCCCCCCCCCCCCCCCCCC/C=C\C/C=C\C/C=C\C/C=C\CC)COC(OCC[N+](C)(C)C)C(=O)[O-]. The van der Waals surface area contributed by atoms with Crippen LogP contribution in [0.5, 0.6) is 0 Å². The Kier molecular flexibility index (Phi) is 72.5. The molecular formula is C86H151NO8. The number of ether oxygens (including phenoxy) is 4. The Labute approximate surface area is 587 Å². The van der Waals surface area contributed by atoms with Crippen LogP contribution in [-0.4, -0.2) is 82.3 Å². The lowest BCUT2D eigenvalue weighted by Gasteiger charge is -2.26. The molecule has 0 radical (unpaired) electrons. The van der Waals surface area contributed by atoms with Crippen molar-refractivity contribution in [2.45, 2.75) is 373 Å². The number of esters is 2. The number of aliphatic carboxylic acids is 1. The molecule has 0 rings (SSSR count). The van der Waals surface area contributed by atoms with Crippen molar-refractivity contribution in [1.29, 1.82) is 0 Å². The number of carboxylic acid groups (broad SMARTS) is 1. The summed E-state index contributed by atoms with van der Waals surface area (Å²) in [5.74, 6) is -2.26. The first-order chi connectivity index (χ1) is 46.6. The molecule has 0 aromatic heterocycles. The van der Waals surface area contributed by atoms with Crippen LogP contribution < -0.4 is 5.11 Å². The Balaban J connectivity index is 3.98. The average molecular weight is 1330 g/mol. The van der Waals surface area contributed by atoms with Crippen molar-refractivity contribution in [3.05, 3.63) is 109 Å². The van der Waals surface area contributed by atoms with Crippen LogP contribution in [0, 0.1) is 0 Å². The van der Waals surface area contributed by atoms with Crippen LogP contribution in [0.4, 0.5) is 0 Å². The van der Waals surface area contributed by atoms with Crippen LogP contribution >= 0.6 is 0 Å². The molecule has 0 aliphatic carbocycles. The number of nitrogens with zero attached hydrogens (tertiary/aromatic N) is 1. The van der Waals surface area contributed by atoms with Gasteiger partial charge in [-0.15, -0.1) is 0 Å². The number of likely N-dealkylation sites (N-methyl/N-ethyl adjacent to an activating group) is 1. The van der Waals surface area contributed by atoms with Gasteiger partial charge in [0, 0.05) is 12.8 Å². The fraction of sp³-hybridized carbons (Fsp3) is 0.756. The number of rotatable bonds is 74. The molecule has 0 saturated heterocycles. The summed E-state index contributed by atoms with van der Waals surface area (Å²) < 4.78 is 22.9. The summed E-state index contributed by atoms with van der Waals surface area (Å²) in [7, 11) is 5.94. The molecule has 95 heavy (non-hydrogen) atoms. The summed E-state index contributed by atoms with van der Waals surface area (Å²) in [6.45, 7) is 4.57. The minimum absolute atomic E-state index is 0.147. The van der Waals surface area contributed by atoms with Gasteiger partial charge in [-0.3, -0.25) is 9.59 Å². The van der Waals surface area contributed by atoms with E-state index < -0.39 is 24.3 Å². The number of unbranched alkanes of at least 4 members (excludes halogenated alkanes) is 41. The first-order valence-corrected chi connectivity index (χ1v) is 40.0. The Morgan fingerprint density at radius 3 is 0.842 bits per heavy atom. The first kappa shape index (κ1) is 91.0. The van der Waals surface area contributed by atoms with Crippen molar-refractivity contribution in [2.75, 3.05) is 47.5 Å². The van der Waals surface area contributed by atoms with Crippen LogP contribution in [0.25, 0.3) is 0 Å². The van der Waals surface area contributed by atoms with Crippen molar-refractivity contribution < 1.29 is 42.9 Å².